The Morgan fingerprint density at radius 2 is 2.16 bits per heavy atom. The number of aromatic nitrogens is 1. The summed E-state index contributed by atoms with van der Waals surface area (Å²) in [5.41, 5.74) is 1.36. The maximum atomic E-state index is 13.5. The first kappa shape index (κ1) is 19.7. The zero-order chi connectivity index (χ0) is 21.9. The van der Waals surface area contributed by atoms with E-state index in [1.54, 1.807) is 35.4 Å². The minimum Gasteiger partial charge on any atom is -0.362 e. The lowest BCUT2D eigenvalue weighted by Crippen LogP contribution is -2.57. The van der Waals surface area contributed by atoms with Crippen molar-refractivity contribution in [2.24, 2.45) is 5.92 Å². The topological polar surface area (TPSA) is 92.6 Å². The zero-order valence-electron chi connectivity index (χ0n) is 17.3. The number of fused-ring (bicyclic) bond motifs is 6. The summed E-state index contributed by atoms with van der Waals surface area (Å²) in [4.78, 5) is 36.2. The molecule has 5 rings (SSSR count). The molecule has 1 aromatic carbocycles. The van der Waals surface area contributed by atoms with Crippen LogP contribution in [-0.4, -0.2) is 63.0 Å². The summed E-state index contributed by atoms with van der Waals surface area (Å²) in [6.45, 7) is 5.63. The number of carbonyl (C=O) groups is 2. The van der Waals surface area contributed by atoms with Gasteiger partial charge in [0.25, 0.3) is 5.91 Å². The van der Waals surface area contributed by atoms with Gasteiger partial charge in [-0.05, 0) is 48.8 Å². The van der Waals surface area contributed by atoms with E-state index in [0.717, 1.165) is 13.0 Å². The molecular weight excluding hydrogens is 412 g/mol. The van der Waals surface area contributed by atoms with Gasteiger partial charge in [-0.2, -0.15) is 5.26 Å². The molecule has 9 heteroatoms. The Kier molecular flexibility index (Phi) is 4.55. The van der Waals surface area contributed by atoms with E-state index in [2.05, 4.69) is 35.1 Å². The van der Waals surface area contributed by atoms with Crippen molar-refractivity contribution in [1.29, 1.82) is 5.26 Å². The number of thiocarbonyl (C=S) groups is 1. The fourth-order valence-electron chi connectivity index (χ4n) is 4.95. The number of amides is 3. The van der Waals surface area contributed by atoms with E-state index in [0.29, 0.717) is 39.7 Å². The molecule has 0 aliphatic carbocycles. The van der Waals surface area contributed by atoms with Gasteiger partial charge in [-0.1, -0.05) is 13.8 Å². The third-order valence-electron chi connectivity index (χ3n) is 6.29. The minimum atomic E-state index is -0.549. The molecule has 3 atom stereocenters. The van der Waals surface area contributed by atoms with Gasteiger partial charge in [0, 0.05) is 24.7 Å². The second-order valence-corrected chi connectivity index (χ2v) is 9.03. The summed E-state index contributed by atoms with van der Waals surface area (Å²) in [5.74, 6) is 0.210. The van der Waals surface area contributed by atoms with Crippen LogP contribution in [0.3, 0.4) is 0 Å². The van der Waals surface area contributed by atoms with E-state index >= 15 is 0 Å². The average molecular weight is 435 g/mol. The SMILES string of the molecule is CC(C)CNC(=S)N1C[C@H]2CC1C1C(=O)N(c3ccc(C#N)c4ncccc34)C(=O)N12. The van der Waals surface area contributed by atoms with Crippen molar-refractivity contribution in [3.63, 3.8) is 0 Å². The molecule has 3 aliphatic heterocycles. The molecule has 3 saturated heterocycles. The number of urea groups is 1. The largest absolute Gasteiger partial charge is 0.362 e. The van der Waals surface area contributed by atoms with Crippen LogP contribution in [0.1, 0.15) is 25.8 Å². The van der Waals surface area contributed by atoms with Crippen LogP contribution >= 0.6 is 12.2 Å². The molecule has 1 aromatic heterocycles. The summed E-state index contributed by atoms with van der Waals surface area (Å²) >= 11 is 5.59. The zero-order valence-corrected chi connectivity index (χ0v) is 18.1. The van der Waals surface area contributed by atoms with Crippen LogP contribution in [0.5, 0.6) is 0 Å². The standard InChI is InChI=1S/C22H22N6O2S/c1-12(2)10-25-21(31)26-11-14-8-17(26)19-20(29)28(22(30)27(14)19)16-6-5-13(9-23)18-15(16)4-3-7-24-18/h3-7,12,14,17,19H,8,10-11H2,1-2H3,(H,25,31)/t14-,17?,19?/m1/s1. The Balaban J connectivity index is 1.48. The molecular formula is C22H22N6O2S. The Morgan fingerprint density at radius 1 is 1.35 bits per heavy atom. The summed E-state index contributed by atoms with van der Waals surface area (Å²) in [6, 6.07) is 7.90. The van der Waals surface area contributed by atoms with E-state index in [-0.39, 0.29) is 24.0 Å². The summed E-state index contributed by atoms with van der Waals surface area (Å²) in [5, 5.41) is 13.9. The Morgan fingerprint density at radius 3 is 2.90 bits per heavy atom. The highest BCUT2D eigenvalue weighted by molar-refractivity contribution is 7.80. The van der Waals surface area contributed by atoms with E-state index < -0.39 is 6.04 Å². The van der Waals surface area contributed by atoms with Gasteiger partial charge in [0.2, 0.25) is 0 Å². The summed E-state index contributed by atoms with van der Waals surface area (Å²) in [7, 11) is 0. The maximum Gasteiger partial charge on any atom is 0.332 e. The molecule has 1 N–H and O–H groups in total. The molecule has 0 saturated carbocycles. The summed E-state index contributed by atoms with van der Waals surface area (Å²) in [6.07, 6.45) is 2.34. The van der Waals surface area contributed by atoms with Gasteiger partial charge in [0.15, 0.2) is 5.11 Å². The van der Waals surface area contributed by atoms with Crippen molar-refractivity contribution in [2.75, 3.05) is 18.0 Å². The second-order valence-electron chi connectivity index (χ2n) is 8.64. The van der Waals surface area contributed by atoms with Gasteiger partial charge in [-0.15, -0.1) is 0 Å². The first-order valence-electron chi connectivity index (χ1n) is 10.4. The Labute approximate surface area is 185 Å². The van der Waals surface area contributed by atoms with Crippen LogP contribution in [-0.2, 0) is 4.79 Å². The van der Waals surface area contributed by atoms with Crippen LogP contribution < -0.4 is 10.2 Å². The molecule has 2 aromatic rings. The van der Waals surface area contributed by atoms with Crippen molar-refractivity contribution in [3.8, 4) is 6.07 Å². The van der Waals surface area contributed by atoms with Crippen LogP contribution in [0.2, 0.25) is 0 Å². The first-order valence-corrected chi connectivity index (χ1v) is 10.8. The quantitative estimate of drug-likeness (QED) is 0.585. The fourth-order valence-corrected chi connectivity index (χ4v) is 5.24. The predicted octanol–water partition coefficient (Wildman–Crippen LogP) is 2.23. The average Bonchev–Trinajstić information content (AvgIpc) is 3.43. The lowest BCUT2D eigenvalue weighted by Gasteiger charge is -2.36. The smallest absolute Gasteiger partial charge is 0.332 e. The summed E-state index contributed by atoms with van der Waals surface area (Å²) < 4.78 is 0. The predicted molar refractivity (Wildman–Crippen MR) is 119 cm³/mol. The number of likely N-dealkylation sites (tertiary alicyclic amines) is 1. The molecule has 3 aliphatic rings. The number of pyridine rings is 1. The van der Waals surface area contributed by atoms with Gasteiger partial charge >= 0.3 is 6.03 Å². The number of nitrogens with one attached hydrogen (secondary N) is 1. The number of rotatable bonds is 3. The molecule has 158 valence electrons. The van der Waals surface area contributed by atoms with Crippen LogP contribution in [0.4, 0.5) is 10.5 Å². The van der Waals surface area contributed by atoms with E-state index in [1.165, 1.54) is 4.90 Å². The number of nitriles is 1. The molecule has 3 fully saturated rings. The van der Waals surface area contributed by atoms with Gasteiger partial charge < -0.3 is 15.1 Å². The van der Waals surface area contributed by atoms with Gasteiger partial charge in [0.05, 0.1) is 28.9 Å². The lowest BCUT2D eigenvalue weighted by molar-refractivity contribution is -0.120. The normalized spacial score (nSPS) is 24.3. The molecule has 2 unspecified atom stereocenters. The van der Waals surface area contributed by atoms with Crippen molar-refractivity contribution in [1.82, 2.24) is 20.1 Å². The second kappa shape index (κ2) is 7.17. The minimum absolute atomic E-state index is 0.0435. The van der Waals surface area contributed by atoms with E-state index in [9.17, 15) is 14.9 Å². The van der Waals surface area contributed by atoms with Gasteiger partial charge in [0.1, 0.15) is 12.1 Å². The van der Waals surface area contributed by atoms with Crippen molar-refractivity contribution >= 4 is 45.9 Å². The molecule has 0 radical (unpaired) electrons. The van der Waals surface area contributed by atoms with E-state index in [1.807, 2.05) is 0 Å². The monoisotopic (exact) mass is 434 g/mol. The number of piperazine rings is 1. The van der Waals surface area contributed by atoms with Crippen LogP contribution in [0.25, 0.3) is 10.9 Å². The molecule has 2 bridgehead atoms. The van der Waals surface area contributed by atoms with Gasteiger partial charge in [-0.3, -0.25) is 9.78 Å². The molecule has 8 nitrogen and oxygen atoms in total. The Hall–Kier alpha value is -3.25. The number of anilines is 1. The maximum absolute atomic E-state index is 13.5. The number of hydrogen-bond donors (Lipinski definition) is 1. The molecule has 0 spiro atoms. The number of imide groups is 1. The highest BCUT2D eigenvalue weighted by atomic mass is 32.1. The third kappa shape index (κ3) is 2.86. The highest BCUT2D eigenvalue weighted by Crippen LogP contribution is 2.43. The first-order chi connectivity index (χ1) is 14.9. The molecule has 31 heavy (non-hydrogen) atoms. The Bertz CT molecular complexity index is 1160. The number of hydrogen-bond acceptors (Lipinski definition) is 5. The third-order valence-corrected chi connectivity index (χ3v) is 6.67. The van der Waals surface area contributed by atoms with Crippen molar-refractivity contribution in [2.45, 2.75) is 38.4 Å². The van der Waals surface area contributed by atoms with Crippen molar-refractivity contribution in [3.05, 3.63) is 36.0 Å². The van der Waals surface area contributed by atoms with Crippen LogP contribution in [0, 0.1) is 17.2 Å². The number of carbonyl (C=O) groups excluding carboxylic acids is 2. The number of benzene rings is 1. The number of nitrogens with zero attached hydrogens (tertiary/aromatic N) is 5. The molecule has 3 amide bonds. The lowest BCUT2D eigenvalue weighted by atomic mass is 10.1. The van der Waals surface area contributed by atoms with E-state index in [4.69, 9.17) is 12.2 Å². The highest BCUT2D eigenvalue weighted by Gasteiger charge is 2.62. The molecule has 4 heterocycles. The van der Waals surface area contributed by atoms with Gasteiger partial charge in [-0.25, -0.2) is 9.69 Å². The fraction of sp³-hybridized carbons (Fsp3) is 0.409. The van der Waals surface area contributed by atoms with Crippen LogP contribution in [0.15, 0.2) is 30.5 Å². The van der Waals surface area contributed by atoms with Crippen molar-refractivity contribution < 1.29 is 9.59 Å².